The SMILES string of the molecule is COc1ccc(CCNC(=O)[C@@H](OC)c2ccccc2)cc1. The van der Waals surface area contributed by atoms with Crippen molar-refractivity contribution in [3.8, 4) is 5.75 Å². The van der Waals surface area contributed by atoms with E-state index >= 15 is 0 Å². The lowest BCUT2D eigenvalue weighted by molar-refractivity contribution is -0.131. The molecule has 116 valence electrons. The molecule has 1 atom stereocenters. The first-order valence-corrected chi connectivity index (χ1v) is 7.23. The lowest BCUT2D eigenvalue weighted by Gasteiger charge is -2.15. The van der Waals surface area contributed by atoms with Gasteiger partial charge in [0.05, 0.1) is 7.11 Å². The van der Waals surface area contributed by atoms with Crippen molar-refractivity contribution < 1.29 is 14.3 Å². The van der Waals surface area contributed by atoms with Crippen LogP contribution in [-0.4, -0.2) is 26.7 Å². The predicted octanol–water partition coefficient (Wildman–Crippen LogP) is 2.74. The molecule has 0 saturated carbocycles. The summed E-state index contributed by atoms with van der Waals surface area (Å²) < 4.78 is 10.4. The highest BCUT2D eigenvalue weighted by Crippen LogP contribution is 2.16. The summed E-state index contributed by atoms with van der Waals surface area (Å²) in [7, 11) is 3.18. The molecule has 4 nitrogen and oxygen atoms in total. The Kier molecular flexibility index (Phi) is 5.98. The Morgan fingerprint density at radius 2 is 1.73 bits per heavy atom. The van der Waals surface area contributed by atoms with Gasteiger partial charge in [0.25, 0.3) is 5.91 Å². The van der Waals surface area contributed by atoms with Crippen molar-refractivity contribution in [3.63, 3.8) is 0 Å². The summed E-state index contributed by atoms with van der Waals surface area (Å²) in [6, 6.07) is 17.3. The number of carbonyl (C=O) groups is 1. The first kappa shape index (κ1) is 16.0. The lowest BCUT2D eigenvalue weighted by Crippen LogP contribution is -2.31. The molecule has 22 heavy (non-hydrogen) atoms. The molecule has 0 aromatic heterocycles. The van der Waals surface area contributed by atoms with Gasteiger partial charge in [0, 0.05) is 13.7 Å². The van der Waals surface area contributed by atoms with Gasteiger partial charge in [-0.15, -0.1) is 0 Å². The molecule has 0 fully saturated rings. The predicted molar refractivity (Wildman–Crippen MR) is 85.9 cm³/mol. The highest BCUT2D eigenvalue weighted by atomic mass is 16.5. The molecule has 0 aliphatic heterocycles. The minimum atomic E-state index is -0.572. The van der Waals surface area contributed by atoms with Crippen LogP contribution in [0.15, 0.2) is 54.6 Å². The van der Waals surface area contributed by atoms with Crippen LogP contribution in [0.4, 0.5) is 0 Å². The topological polar surface area (TPSA) is 47.6 Å². The van der Waals surface area contributed by atoms with Crippen molar-refractivity contribution in [3.05, 3.63) is 65.7 Å². The fourth-order valence-electron chi connectivity index (χ4n) is 2.24. The van der Waals surface area contributed by atoms with E-state index in [1.807, 2.05) is 54.6 Å². The lowest BCUT2D eigenvalue weighted by atomic mass is 10.1. The Morgan fingerprint density at radius 1 is 1.05 bits per heavy atom. The van der Waals surface area contributed by atoms with E-state index in [2.05, 4.69) is 5.32 Å². The summed E-state index contributed by atoms with van der Waals surface area (Å²) in [5, 5.41) is 2.91. The largest absolute Gasteiger partial charge is 0.497 e. The van der Waals surface area contributed by atoms with Crippen LogP contribution < -0.4 is 10.1 Å². The van der Waals surface area contributed by atoms with Gasteiger partial charge in [-0.05, 0) is 29.7 Å². The van der Waals surface area contributed by atoms with Gasteiger partial charge in [-0.25, -0.2) is 0 Å². The molecular weight excluding hydrogens is 278 g/mol. The minimum Gasteiger partial charge on any atom is -0.497 e. The van der Waals surface area contributed by atoms with Gasteiger partial charge in [-0.1, -0.05) is 42.5 Å². The molecule has 0 radical (unpaired) electrons. The van der Waals surface area contributed by atoms with Crippen molar-refractivity contribution in [2.75, 3.05) is 20.8 Å². The number of rotatable bonds is 7. The van der Waals surface area contributed by atoms with E-state index in [0.29, 0.717) is 6.54 Å². The van der Waals surface area contributed by atoms with E-state index in [9.17, 15) is 4.79 Å². The maximum absolute atomic E-state index is 12.2. The standard InChI is InChI=1S/C18H21NO3/c1-21-16-10-8-14(9-11-16)12-13-19-18(20)17(22-2)15-6-4-3-5-7-15/h3-11,17H,12-13H2,1-2H3,(H,19,20)/t17-/m0/s1. The van der Waals surface area contributed by atoms with E-state index in [1.165, 1.54) is 0 Å². The second-order valence-electron chi connectivity index (χ2n) is 4.92. The quantitative estimate of drug-likeness (QED) is 0.855. The van der Waals surface area contributed by atoms with E-state index in [1.54, 1.807) is 14.2 Å². The second kappa shape index (κ2) is 8.20. The Hall–Kier alpha value is -2.33. The third-order valence-corrected chi connectivity index (χ3v) is 3.45. The summed E-state index contributed by atoms with van der Waals surface area (Å²) in [5.41, 5.74) is 2.00. The molecule has 2 aromatic rings. The second-order valence-corrected chi connectivity index (χ2v) is 4.92. The van der Waals surface area contributed by atoms with Crippen molar-refractivity contribution >= 4 is 5.91 Å². The third-order valence-electron chi connectivity index (χ3n) is 3.45. The fourth-order valence-corrected chi connectivity index (χ4v) is 2.24. The van der Waals surface area contributed by atoms with Crippen LogP contribution in [0.2, 0.25) is 0 Å². The molecule has 1 amide bonds. The van der Waals surface area contributed by atoms with E-state index in [4.69, 9.17) is 9.47 Å². The van der Waals surface area contributed by atoms with E-state index in [-0.39, 0.29) is 5.91 Å². The molecule has 4 heteroatoms. The van der Waals surface area contributed by atoms with Crippen molar-refractivity contribution in [2.45, 2.75) is 12.5 Å². The number of ether oxygens (including phenoxy) is 2. The molecular formula is C18H21NO3. The summed E-state index contributed by atoms with van der Waals surface area (Å²) >= 11 is 0. The monoisotopic (exact) mass is 299 g/mol. The maximum atomic E-state index is 12.2. The van der Waals surface area contributed by atoms with Gasteiger partial charge >= 0.3 is 0 Å². The average molecular weight is 299 g/mol. The molecule has 0 unspecified atom stereocenters. The summed E-state index contributed by atoms with van der Waals surface area (Å²) in [6.45, 7) is 0.567. The normalized spacial score (nSPS) is 11.7. The first-order valence-electron chi connectivity index (χ1n) is 7.23. The minimum absolute atomic E-state index is 0.123. The fraction of sp³-hybridized carbons (Fsp3) is 0.278. The molecule has 0 aliphatic rings. The van der Waals surface area contributed by atoms with Crippen LogP contribution in [0.5, 0.6) is 5.75 Å². The van der Waals surface area contributed by atoms with Crippen LogP contribution in [0.3, 0.4) is 0 Å². The smallest absolute Gasteiger partial charge is 0.253 e. The van der Waals surface area contributed by atoms with E-state index < -0.39 is 6.10 Å². The summed E-state index contributed by atoms with van der Waals surface area (Å²) in [5.74, 6) is 0.707. The first-order chi connectivity index (χ1) is 10.7. The average Bonchev–Trinajstić information content (AvgIpc) is 2.57. The Balaban J connectivity index is 1.86. The van der Waals surface area contributed by atoms with Crippen LogP contribution in [-0.2, 0) is 16.0 Å². The Morgan fingerprint density at radius 3 is 2.32 bits per heavy atom. The maximum Gasteiger partial charge on any atom is 0.253 e. The van der Waals surface area contributed by atoms with Crippen molar-refractivity contribution in [1.82, 2.24) is 5.32 Å². The zero-order chi connectivity index (χ0) is 15.8. The zero-order valence-corrected chi connectivity index (χ0v) is 12.9. The van der Waals surface area contributed by atoms with Crippen LogP contribution in [0.1, 0.15) is 17.2 Å². The number of methoxy groups -OCH3 is 2. The van der Waals surface area contributed by atoms with Crippen molar-refractivity contribution in [2.24, 2.45) is 0 Å². The van der Waals surface area contributed by atoms with E-state index in [0.717, 1.165) is 23.3 Å². The molecule has 1 N–H and O–H groups in total. The highest BCUT2D eigenvalue weighted by Gasteiger charge is 2.18. The molecule has 0 aliphatic carbocycles. The van der Waals surface area contributed by atoms with Crippen molar-refractivity contribution in [1.29, 1.82) is 0 Å². The summed E-state index contributed by atoms with van der Waals surface area (Å²) in [6.07, 6.45) is 0.193. The number of hydrogen-bond acceptors (Lipinski definition) is 3. The van der Waals surface area contributed by atoms with Gasteiger partial charge in [-0.2, -0.15) is 0 Å². The van der Waals surface area contributed by atoms with Gasteiger partial charge in [0.2, 0.25) is 0 Å². The molecule has 0 bridgehead atoms. The molecule has 2 rings (SSSR count). The molecule has 0 heterocycles. The van der Waals surface area contributed by atoms with Gasteiger partial charge < -0.3 is 14.8 Å². The van der Waals surface area contributed by atoms with Crippen LogP contribution in [0, 0.1) is 0 Å². The number of hydrogen-bond donors (Lipinski definition) is 1. The zero-order valence-electron chi connectivity index (χ0n) is 12.9. The van der Waals surface area contributed by atoms with Gasteiger partial charge in [0.1, 0.15) is 5.75 Å². The number of benzene rings is 2. The Bertz CT molecular complexity index is 581. The molecule has 0 spiro atoms. The summed E-state index contributed by atoms with van der Waals surface area (Å²) in [4.78, 5) is 12.2. The number of amides is 1. The van der Waals surface area contributed by atoms with Crippen LogP contribution >= 0.6 is 0 Å². The molecule has 2 aromatic carbocycles. The Labute approximate surface area is 131 Å². The highest BCUT2D eigenvalue weighted by molar-refractivity contribution is 5.82. The number of nitrogens with one attached hydrogen (secondary N) is 1. The number of carbonyl (C=O) groups excluding carboxylic acids is 1. The van der Waals surface area contributed by atoms with Gasteiger partial charge in [0.15, 0.2) is 6.10 Å². The van der Waals surface area contributed by atoms with Crippen LogP contribution in [0.25, 0.3) is 0 Å². The molecule has 0 saturated heterocycles. The van der Waals surface area contributed by atoms with Gasteiger partial charge in [-0.3, -0.25) is 4.79 Å². The third kappa shape index (κ3) is 4.33.